The van der Waals surface area contributed by atoms with Crippen LogP contribution in [0.3, 0.4) is 0 Å². The van der Waals surface area contributed by atoms with Crippen molar-refractivity contribution in [1.29, 1.82) is 0 Å². The van der Waals surface area contributed by atoms with E-state index in [9.17, 15) is 4.79 Å². The quantitative estimate of drug-likeness (QED) is 0.0653. The van der Waals surface area contributed by atoms with E-state index >= 15 is 0 Å². The molecule has 1 amide bonds. The normalized spacial score (nSPS) is 17.1. The molecule has 0 saturated carbocycles. The lowest BCUT2D eigenvalue weighted by atomic mass is 9.80. The Kier molecular flexibility index (Phi) is 10.8. The number of carbonyl (C=O) groups excluding carboxylic acids is 1. The van der Waals surface area contributed by atoms with Gasteiger partial charge < -0.3 is 19.9 Å². The first-order valence-corrected chi connectivity index (χ1v) is 15.6. The zero-order valence-corrected chi connectivity index (χ0v) is 26.6. The molecule has 11 heteroatoms. The van der Waals surface area contributed by atoms with Crippen LogP contribution in [0, 0.1) is 0 Å². The lowest BCUT2D eigenvalue weighted by molar-refractivity contribution is -0.129. The molecule has 0 saturated heterocycles. The van der Waals surface area contributed by atoms with Crippen LogP contribution in [-0.2, 0) is 29.0 Å². The maximum absolute atomic E-state index is 14.6. The van der Waals surface area contributed by atoms with Gasteiger partial charge in [0.15, 0.2) is 11.6 Å². The topological polar surface area (TPSA) is 129 Å². The average molecular weight is 689 g/mol. The van der Waals surface area contributed by atoms with Crippen molar-refractivity contribution < 1.29 is 19.4 Å². The van der Waals surface area contributed by atoms with Crippen LogP contribution in [0.5, 0.6) is 5.75 Å². The molecule has 1 heterocycles. The Balaban J connectivity index is 1.61. The van der Waals surface area contributed by atoms with E-state index in [-0.39, 0.29) is 32.0 Å². The van der Waals surface area contributed by atoms with E-state index < -0.39 is 11.6 Å². The molecular weight excluding hydrogens is 658 g/mol. The SMILES string of the molecule is [N-]=[N+]=NCc1ccccc1[C@H]1OC(c2ccc(OCCCO)cc2)=N[C@@]1(Cc1ccccc1Br)C(=O)NCc1cccc(Cl)c1. The number of carbonyl (C=O) groups is 1. The van der Waals surface area contributed by atoms with Crippen LogP contribution < -0.4 is 10.1 Å². The summed E-state index contributed by atoms with van der Waals surface area (Å²) in [6, 6.07) is 29.7. The summed E-state index contributed by atoms with van der Waals surface area (Å²) in [5.74, 6) is 0.604. The molecule has 0 unspecified atom stereocenters. The van der Waals surface area contributed by atoms with Crippen molar-refractivity contribution in [3.8, 4) is 5.75 Å². The van der Waals surface area contributed by atoms with Crippen molar-refractivity contribution in [2.75, 3.05) is 13.2 Å². The fourth-order valence-corrected chi connectivity index (χ4v) is 5.85. The Hall–Kier alpha value is -4.34. The predicted molar refractivity (Wildman–Crippen MR) is 177 cm³/mol. The third-order valence-electron chi connectivity index (χ3n) is 7.43. The molecular formula is C34H31BrClN5O4. The molecule has 230 valence electrons. The van der Waals surface area contributed by atoms with Gasteiger partial charge in [-0.3, -0.25) is 4.79 Å². The third-order valence-corrected chi connectivity index (χ3v) is 8.44. The number of nitrogens with zero attached hydrogens (tertiary/aromatic N) is 4. The monoisotopic (exact) mass is 687 g/mol. The maximum Gasteiger partial charge on any atom is 0.252 e. The molecule has 0 aromatic heterocycles. The number of aliphatic imine (C=N–C) groups is 1. The number of aliphatic hydroxyl groups is 1. The highest BCUT2D eigenvalue weighted by atomic mass is 79.9. The van der Waals surface area contributed by atoms with Crippen LogP contribution in [-0.4, -0.2) is 35.7 Å². The van der Waals surface area contributed by atoms with Gasteiger partial charge in [0.1, 0.15) is 5.75 Å². The molecule has 0 spiro atoms. The summed E-state index contributed by atoms with van der Waals surface area (Å²) in [6.07, 6.45) is -0.122. The highest BCUT2D eigenvalue weighted by Gasteiger charge is 2.54. The Morgan fingerprint density at radius 2 is 1.82 bits per heavy atom. The van der Waals surface area contributed by atoms with E-state index in [2.05, 4.69) is 31.3 Å². The molecule has 0 fully saturated rings. The van der Waals surface area contributed by atoms with Gasteiger partial charge in [0, 0.05) is 46.0 Å². The second-order valence-electron chi connectivity index (χ2n) is 10.5. The minimum absolute atomic E-state index is 0.0459. The minimum Gasteiger partial charge on any atom is -0.494 e. The van der Waals surface area contributed by atoms with Gasteiger partial charge in [-0.1, -0.05) is 87.2 Å². The summed E-state index contributed by atoms with van der Waals surface area (Å²) in [5, 5.41) is 16.5. The van der Waals surface area contributed by atoms with Crippen molar-refractivity contribution in [3.05, 3.63) is 145 Å². The fraction of sp³-hybridized carbons (Fsp3) is 0.235. The first kappa shape index (κ1) is 32.1. The highest BCUT2D eigenvalue weighted by Crippen LogP contribution is 2.44. The van der Waals surface area contributed by atoms with Gasteiger partial charge in [-0.15, -0.1) is 0 Å². The molecule has 0 aliphatic carbocycles. The molecule has 0 radical (unpaired) electrons. The van der Waals surface area contributed by atoms with E-state index in [1.165, 1.54) is 0 Å². The number of aliphatic hydroxyl groups excluding tert-OH is 1. The number of hydrogen-bond donors (Lipinski definition) is 2. The number of ether oxygens (including phenoxy) is 2. The van der Waals surface area contributed by atoms with E-state index in [0.717, 1.165) is 21.2 Å². The molecule has 2 atom stereocenters. The molecule has 1 aliphatic rings. The summed E-state index contributed by atoms with van der Waals surface area (Å²) in [7, 11) is 0. The standard InChI is InChI=1S/C34H31BrClN5O4/c35-30-12-4-2-8-25(30)20-34(33(43)38-21-23-7-5-10-27(36)19-23)31(29-11-3-1-9-26(29)22-39-41-37)45-32(40-34)24-13-15-28(16-14-24)44-18-6-17-42/h1-5,7-16,19,31,42H,6,17-18,20-22H2,(H,38,43)/t31-,34-/m1/s1. The van der Waals surface area contributed by atoms with Gasteiger partial charge in [-0.2, -0.15) is 0 Å². The number of amides is 1. The number of rotatable bonds is 13. The second kappa shape index (κ2) is 15.1. The molecule has 9 nitrogen and oxygen atoms in total. The van der Waals surface area contributed by atoms with Crippen molar-refractivity contribution in [2.45, 2.75) is 37.6 Å². The zero-order chi connectivity index (χ0) is 31.6. The van der Waals surface area contributed by atoms with Crippen molar-refractivity contribution >= 4 is 39.3 Å². The number of hydrogen-bond acceptors (Lipinski definition) is 6. The summed E-state index contributed by atoms with van der Waals surface area (Å²) in [6.45, 7) is 0.745. The largest absolute Gasteiger partial charge is 0.494 e. The average Bonchev–Trinajstić information content (AvgIpc) is 3.44. The molecule has 2 N–H and O–H groups in total. The lowest BCUT2D eigenvalue weighted by Crippen LogP contribution is -2.50. The van der Waals surface area contributed by atoms with Crippen LogP contribution in [0.25, 0.3) is 10.4 Å². The number of azide groups is 1. The van der Waals surface area contributed by atoms with E-state index in [4.69, 9.17) is 36.7 Å². The van der Waals surface area contributed by atoms with Crippen molar-refractivity contribution in [2.24, 2.45) is 10.1 Å². The number of nitrogens with one attached hydrogen (secondary N) is 1. The fourth-order valence-electron chi connectivity index (χ4n) is 5.22. The van der Waals surface area contributed by atoms with Gasteiger partial charge in [-0.05, 0) is 70.2 Å². The van der Waals surface area contributed by atoms with Crippen LogP contribution in [0.4, 0.5) is 0 Å². The van der Waals surface area contributed by atoms with Gasteiger partial charge in [0.2, 0.25) is 5.90 Å². The van der Waals surface area contributed by atoms with Gasteiger partial charge in [-0.25, -0.2) is 4.99 Å². The van der Waals surface area contributed by atoms with E-state index in [0.29, 0.717) is 40.8 Å². The van der Waals surface area contributed by atoms with Gasteiger partial charge >= 0.3 is 0 Å². The van der Waals surface area contributed by atoms with Crippen LogP contribution in [0.1, 0.15) is 40.3 Å². The van der Waals surface area contributed by atoms with Crippen LogP contribution in [0.15, 0.2) is 112 Å². The summed E-state index contributed by atoms with van der Waals surface area (Å²) in [5.41, 5.74) is 11.4. The number of halogens is 2. The first-order valence-electron chi connectivity index (χ1n) is 14.4. The molecule has 45 heavy (non-hydrogen) atoms. The van der Waals surface area contributed by atoms with Crippen molar-refractivity contribution in [3.63, 3.8) is 0 Å². The number of benzene rings is 4. The lowest BCUT2D eigenvalue weighted by Gasteiger charge is -2.32. The predicted octanol–water partition coefficient (Wildman–Crippen LogP) is 7.49. The molecule has 4 aromatic carbocycles. The van der Waals surface area contributed by atoms with Crippen molar-refractivity contribution in [1.82, 2.24) is 5.32 Å². The third kappa shape index (κ3) is 7.67. The molecule has 4 aromatic rings. The molecule has 5 rings (SSSR count). The Morgan fingerprint density at radius 3 is 2.56 bits per heavy atom. The smallest absolute Gasteiger partial charge is 0.252 e. The molecule has 1 aliphatic heterocycles. The Labute approximate surface area is 274 Å². The summed E-state index contributed by atoms with van der Waals surface area (Å²) in [4.78, 5) is 22.6. The summed E-state index contributed by atoms with van der Waals surface area (Å²) >= 11 is 9.88. The summed E-state index contributed by atoms with van der Waals surface area (Å²) < 4.78 is 13.2. The zero-order valence-electron chi connectivity index (χ0n) is 24.3. The van der Waals surface area contributed by atoms with Gasteiger partial charge in [0.05, 0.1) is 13.2 Å². The highest BCUT2D eigenvalue weighted by molar-refractivity contribution is 9.10. The van der Waals surface area contributed by atoms with E-state index in [1.54, 1.807) is 24.3 Å². The van der Waals surface area contributed by atoms with E-state index in [1.807, 2.05) is 72.8 Å². The first-order chi connectivity index (χ1) is 21.9. The Morgan fingerprint density at radius 1 is 1.07 bits per heavy atom. The van der Waals surface area contributed by atoms with Crippen LogP contribution in [0.2, 0.25) is 5.02 Å². The van der Waals surface area contributed by atoms with Crippen LogP contribution >= 0.6 is 27.5 Å². The Bertz CT molecular complexity index is 1730. The van der Waals surface area contributed by atoms with Gasteiger partial charge in [0.25, 0.3) is 5.91 Å². The second-order valence-corrected chi connectivity index (χ2v) is 11.7. The minimum atomic E-state index is -1.44. The molecule has 0 bridgehead atoms. The maximum atomic E-state index is 14.6.